The van der Waals surface area contributed by atoms with Crippen molar-refractivity contribution in [2.75, 3.05) is 26.2 Å². The van der Waals surface area contributed by atoms with Gasteiger partial charge in [-0.05, 0) is 58.0 Å². The van der Waals surface area contributed by atoms with Crippen molar-refractivity contribution in [3.63, 3.8) is 0 Å². The first-order chi connectivity index (χ1) is 9.67. The Morgan fingerprint density at radius 3 is 2.85 bits per heavy atom. The molecule has 116 valence electrons. The quantitative estimate of drug-likeness (QED) is 0.712. The van der Waals surface area contributed by atoms with Crippen LogP contribution in [-0.4, -0.2) is 49.1 Å². The zero-order valence-corrected chi connectivity index (χ0v) is 13.2. The first kappa shape index (κ1) is 15.8. The lowest BCUT2D eigenvalue weighted by Crippen LogP contribution is -2.46. The third-order valence-corrected chi connectivity index (χ3v) is 4.37. The molecule has 0 radical (unpaired) electrons. The molecule has 0 spiro atoms. The topological polar surface area (TPSA) is 44.4 Å². The number of amides is 1. The molecule has 2 rings (SSSR count). The van der Waals surface area contributed by atoms with Gasteiger partial charge in [0, 0.05) is 18.6 Å². The Balaban J connectivity index is 1.64. The van der Waals surface area contributed by atoms with E-state index in [1.165, 1.54) is 25.7 Å². The van der Waals surface area contributed by atoms with Crippen molar-refractivity contribution in [3.05, 3.63) is 0 Å². The number of nitrogens with zero attached hydrogens (tertiary/aromatic N) is 1. The fraction of sp³-hybridized carbons (Fsp3) is 0.938. The van der Waals surface area contributed by atoms with Gasteiger partial charge in [-0.2, -0.15) is 0 Å². The molecular formula is C16H31N3O. The highest BCUT2D eigenvalue weighted by molar-refractivity contribution is 5.78. The number of piperidine rings is 1. The summed E-state index contributed by atoms with van der Waals surface area (Å²) in [6.07, 6.45) is 7.45. The Hall–Kier alpha value is -0.610. The molecule has 0 aromatic heterocycles. The van der Waals surface area contributed by atoms with Gasteiger partial charge in [0.2, 0.25) is 5.91 Å². The molecule has 0 aromatic rings. The summed E-state index contributed by atoms with van der Waals surface area (Å²) in [4.78, 5) is 14.3. The van der Waals surface area contributed by atoms with E-state index in [1.54, 1.807) is 0 Å². The second kappa shape index (κ2) is 7.99. The second-order valence-corrected chi connectivity index (χ2v) is 6.68. The molecule has 2 fully saturated rings. The van der Waals surface area contributed by atoms with E-state index < -0.39 is 0 Å². The number of hydrogen-bond acceptors (Lipinski definition) is 3. The van der Waals surface area contributed by atoms with Crippen LogP contribution >= 0.6 is 0 Å². The molecule has 2 unspecified atom stereocenters. The molecule has 20 heavy (non-hydrogen) atoms. The zero-order chi connectivity index (χ0) is 14.4. The number of carbonyl (C=O) groups excluding carboxylic acids is 1. The van der Waals surface area contributed by atoms with Crippen molar-refractivity contribution < 1.29 is 4.79 Å². The van der Waals surface area contributed by atoms with Crippen LogP contribution in [0, 0.1) is 5.92 Å². The highest BCUT2D eigenvalue weighted by Gasteiger charge is 2.25. The average molecular weight is 281 g/mol. The second-order valence-electron chi connectivity index (χ2n) is 6.68. The van der Waals surface area contributed by atoms with E-state index in [2.05, 4.69) is 29.4 Å². The van der Waals surface area contributed by atoms with Gasteiger partial charge in [-0.25, -0.2) is 0 Å². The lowest BCUT2D eigenvalue weighted by Gasteiger charge is -2.32. The van der Waals surface area contributed by atoms with Crippen molar-refractivity contribution in [1.82, 2.24) is 15.5 Å². The number of rotatable bonds is 8. The molecule has 1 amide bonds. The summed E-state index contributed by atoms with van der Waals surface area (Å²) < 4.78 is 0. The largest absolute Gasteiger partial charge is 0.353 e. The third-order valence-electron chi connectivity index (χ3n) is 4.37. The van der Waals surface area contributed by atoms with Crippen LogP contribution in [0.4, 0.5) is 0 Å². The molecule has 2 aliphatic rings. The summed E-state index contributed by atoms with van der Waals surface area (Å²) in [6, 6.07) is 1.10. The summed E-state index contributed by atoms with van der Waals surface area (Å²) >= 11 is 0. The summed E-state index contributed by atoms with van der Waals surface area (Å²) in [5.41, 5.74) is 0. The van der Waals surface area contributed by atoms with Gasteiger partial charge in [0.25, 0.3) is 0 Å². The molecule has 1 saturated carbocycles. The predicted octanol–water partition coefficient (Wildman–Crippen LogP) is 1.76. The first-order valence-electron chi connectivity index (χ1n) is 8.42. The summed E-state index contributed by atoms with van der Waals surface area (Å²) in [5.74, 6) is 0.923. The van der Waals surface area contributed by atoms with E-state index in [0.29, 0.717) is 12.6 Å². The monoisotopic (exact) mass is 281 g/mol. The molecule has 0 aromatic carbocycles. The summed E-state index contributed by atoms with van der Waals surface area (Å²) in [6.45, 7) is 8.12. The van der Waals surface area contributed by atoms with E-state index in [1.807, 2.05) is 0 Å². The zero-order valence-electron chi connectivity index (χ0n) is 13.2. The van der Waals surface area contributed by atoms with Crippen molar-refractivity contribution in [3.8, 4) is 0 Å². The first-order valence-corrected chi connectivity index (χ1v) is 8.42. The lowest BCUT2D eigenvalue weighted by atomic mass is 9.98. The Morgan fingerprint density at radius 1 is 1.35 bits per heavy atom. The smallest absolute Gasteiger partial charge is 0.234 e. The molecule has 4 heteroatoms. The molecule has 2 N–H and O–H groups in total. The van der Waals surface area contributed by atoms with Crippen LogP contribution in [0.3, 0.4) is 0 Å². The van der Waals surface area contributed by atoms with Crippen LogP contribution in [-0.2, 0) is 4.79 Å². The third kappa shape index (κ3) is 5.80. The van der Waals surface area contributed by atoms with Crippen LogP contribution in [0.2, 0.25) is 0 Å². The van der Waals surface area contributed by atoms with Gasteiger partial charge in [0.05, 0.1) is 6.54 Å². The molecule has 1 aliphatic heterocycles. The van der Waals surface area contributed by atoms with Crippen LogP contribution in [0.25, 0.3) is 0 Å². The van der Waals surface area contributed by atoms with Gasteiger partial charge >= 0.3 is 0 Å². The van der Waals surface area contributed by atoms with Gasteiger partial charge < -0.3 is 10.6 Å². The van der Waals surface area contributed by atoms with E-state index in [9.17, 15) is 4.79 Å². The van der Waals surface area contributed by atoms with Crippen molar-refractivity contribution in [1.29, 1.82) is 0 Å². The Bertz CT molecular complexity index is 304. The highest BCUT2D eigenvalue weighted by atomic mass is 16.2. The molecule has 1 saturated heterocycles. The normalized spacial score (nSPS) is 25.4. The molecule has 1 heterocycles. The molecule has 0 bridgehead atoms. The molecule has 1 aliphatic carbocycles. The van der Waals surface area contributed by atoms with Gasteiger partial charge in [0.1, 0.15) is 0 Å². The Morgan fingerprint density at radius 2 is 2.15 bits per heavy atom. The minimum atomic E-state index is 0.196. The van der Waals surface area contributed by atoms with E-state index in [0.717, 1.165) is 44.4 Å². The van der Waals surface area contributed by atoms with E-state index in [4.69, 9.17) is 0 Å². The summed E-state index contributed by atoms with van der Waals surface area (Å²) in [5, 5.41) is 6.73. The van der Waals surface area contributed by atoms with Crippen molar-refractivity contribution in [2.24, 2.45) is 5.92 Å². The van der Waals surface area contributed by atoms with E-state index in [-0.39, 0.29) is 5.91 Å². The van der Waals surface area contributed by atoms with Gasteiger partial charge in [-0.15, -0.1) is 0 Å². The van der Waals surface area contributed by atoms with Crippen molar-refractivity contribution >= 4 is 5.91 Å². The Labute approximate surface area is 123 Å². The van der Waals surface area contributed by atoms with Gasteiger partial charge in [-0.3, -0.25) is 9.69 Å². The fourth-order valence-corrected chi connectivity index (χ4v) is 3.11. The van der Waals surface area contributed by atoms with Crippen LogP contribution in [0.15, 0.2) is 0 Å². The fourth-order valence-electron chi connectivity index (χ4n) is 3.11. The number of nitrogens with one attached hydrogen (secondary N) is 2. The molecule has 4 nitrogen and oxygen atoms in total. The van der Waals surface area contributed by atoms with E-state index >= 15 is 0 Å². The highest BCUT2D eigenvalue weighted by Crippen LogP contribution is 2.21. The van der Waals surface area contributed by atoms with Gasteiger partial charge in [0.15, 0.2) is 0 Å². The molecule has 2 atom stereocenters. The lowest BCUT2D eigenvalue weighted by molar-refractivity contribution is -0.123. The number of likely N-dealkylation sites (tertiary alicyclic amines) is 1. The Kier molecular flexibility index (Phi) is 6.30. The standard InChI is InChI=1S/C16H31N3O/c1-3-5-13(2)18-16(20)12-19-9-4-6-14(11-19)10-17-15-7-8-15/h13-15,17H,3-12H2,1-2H3,(H,18,20). The van der Waals surface area contributed by atoms with Crippen LogP contribution in [0.5, 0.6) is 0 Å². The van der Waals surface area contributed by atoms with Crippen LogP contribution in [0.1, 0.15) is 52.4 Å². The van der Waals surface area contributed by atoms with Crippen molar-refractivity contribution in [2.45, 2.75) is 64.5 Å². The maximum absolute atomic E-state index is 12.0. The van der Waals surface area contributed by atoms with Crippen LogP contribution < -0.4 is 10.6 Å². The molecular weight excluding hydrogens is 250 g/mol. The predicted molar refractivity (Wildman–Crippen MR) is 82.7 cm³/mol. The maximum atomic E-state index is 12.0. The minimum Gasteiger partial charge on any atom is -0.353 e. The summed E-state index contributed by atoms with van der Waals surface area (Å²) in [7, 11) is 0. The average Bonchev–Trinajstić information content (AvgIpc) is 3.20. The number of carbonyl (C=O) groups is 1. The number of hydrogen-bond donors (Lipinski definition) is 2. The maximum Gasteiger partial charge on any atom is 0.234 e. The van der Waals surface area contributed by atoms with Gasteiger partial charge in [-0.1, -0.05) is 13.3 Å². The SMILES string of the molecule is CCCC(C)NC(=O)CN1CCCC(CNC2CC2)C1. The minimum absolute atomic E-state index is 0.196.